The predicted octanol–water partition coefficient (Wildman–Crippen LogP) is 3.28. The first-order chi connectivity index (χ1) is 8.13. The quantitative estimate of drug-likeness (QED) is 0.844. The third-order valence-electron chi connectivity index (χ3n) is 2.60. The maximum absolute atomic E-state index is 5.50. The number of nitrogens with one attached hydrogen (secondary N) is 1. The summed E-state index contributed by atoms with van der Waals surface area (Å²) in [6, 6.07) is 6.46. The molecule has 0 spiro atoms. The summed E-state index contributed by atoms with van der Waals surface area (Å²) in [5.74, 6) is 0. The number of hydrogen-bond donors (Lipinski definition) is 1. The number of pyridine rings is 2. The van der Waals surface area contributed by atoms with Gasteiger partial charge in [0.25, 0.3) is 0 Å². The SMILES string of the molecule is CCc1cc2cccnc2n(NC(C)C)c1=S. The van der Waals surface area contributed by atoms with Crippen LogP contribution in [-0.4, -0.2) is 15.7 Å². The lowest BCUT2D eigenvalue weighted by Crippen LogP contribution is -2.24. The van der Waals surface area contributed by atoms with Crippen LogP contribution in [-0.2, 0) is 6.42 Å². The summed E-state index contributed by atoms with van der Waals surface area (Å²) in [5, 5.41) is 1.12. The Balaban J connectivity index is 2.75. The molecule has 17 heavy (non-hydrogen) atoms. The van der Waals surface area contributed by atoms with Crippen molar-refractivity contribution in [3.63, 3.8) is 0 Å². The standard InChI is InChI=1S/C13H17N3S/c1-4-10-8-11-6-5-7-14-12(11)16(13(10)17)15-9(2)3/h5-9,15H,4H2,1-3H3. The van der Waals surface area contributed by atoms with Gasteiger partial charge >= 0.3 is 0 Å². The highest BCUT2D eigenvalue weighted by atomic mass is 32.1. The van der Waals surface area contributed by atoms with Gasteiger partial charge in [-0.15, -0.1) is 0 Å². The Kier molecular flexibility index (Phi) is 3.43. The molecule has 0 radical (unpaired) electrons. The Bertz CT molecular complexity index is 587. The van der Waals surface area contributed by atoms with Crippen molar-refractivity contribution in [2.75, 3.05) is 5.43 Å². The van der Waals surface area contributed by atoms with Crippen molar-refractivity contribution < 1.29 is 0 Å². The lowest BCUT2D eigenvalue weighted by atomic mass is 10.2. The first-order valence-electron chi connectivity index (χ1n) is 5.89. The van der Waals surface area contributed by atoms with E-state index in [1.807, 2.05) is 10.7 Å². The molecular weight excluding hydrogens is 230 g/mol. The van der Waals surface area contributed by atoms with Gasteiger partial charge in [0.1, 0.15) is 4.64 Å². The number of fused-ring (bicyclic) bond motifs is 1. The Hall–Kier alpha value is -1.42. The first kappa shape index (κ1) is 12.0. The number of nitrogens with zero attached hydrogens (tertiary/aromatic N) is 2. The fourth-order valence-electron chi connectivity index (χ4n) is 1.83. The number of rotatable bonds is 3. The van der Waals surface area contributed by atoms with E-state index in [9.17, 15) is 0 Å². The summed E-state index contributed by atoms with van der Waals surface area (Å²) in [5.41, 5.74) is 5.41. The second-order valence-corrected chi connectivity index (χ2v) is 4.75. The van der Waals surface area contributed by atoms with Gasteiger partial charge in [-0.25, -0.2) is 9.66 Å². The smallest absolute Gasteiger partial charge is 0.159 e. The van der Waals surface area contributed by atoms with Crippen LogP contribution in [0.4, 0.5) is 0 Å². The molecule has 0 saturated heterocycles. The summed E-state index contributed by atoms with van der Waals surface area (Å²) < 4.78 is 2.75. The van der Waals surface area contributed by atoms with Crippen LogP contribution in [0.2, 0.25) is 0 Å². The summed E-state index contributed by atoms with van der Waals surface area (Å²) in [6.07, 6.45) is 2.73. The van der Waals surface area contributed by atoms with E-state index in [2.05, 4.69) is 43.3 Å². The number of aryl methyl sites for hydroxylation is 1. The lowest BCUT2D eigenvalue weighted by molar-refractivity contribution is 0.734. The molecule has 0 unspecified atom stereocenters. The van der Waals surface area contributed by atoms with Crippen LogP contribution in [0.25, 0.3) is 11.0 Å². The maximum Gasteiger partial charge on any atom is 0.159 e. The molecule has 2 rings (SSSR count). The minimum Gasteiger partial charge on any atom is -0.321 e. The van der Waals surface area contributed by atoms with Gasteiger partial charge in [-0.1, -0.05) is 19.1 Å². The molecule has 2 aromatic rings. The minimum atomic E-state index is 0.319. The van der Waals surface area contributed by atoms with E-state index < -0.39 is 0 Å². The van der Waals surface area contributed by atoms with E-state index in [-0.39, 0.29) is 0 Å². The zero-order chi connectivity index (χ0) is 12.4. The van der Waals surface area contributed by atoms with Crippen molar-refractivity contribution in [3.8, 4) is 0 Å². The van der Waals surface area contributed by atoms with Crippen molar-refractivity contribution in [1.82, 2.24) is 9.66 Å². The van der Waals surface area contributed by atoms with Crippen LogP contribution >= 0.6 is 12.2 Å². The van der Waals surface area contributed by atoms with Crippen LogP contribution < -0.4 is 5.43 Å². The lowest BCUT2D eigenvalue weighted by Gasteiger charge is -2.17. The highest BCUT2D eigenvalue weighted by molar-refractivity contribution is 7.71. The Morgan fingerprint density at radius 1 is 1.47 bits per heavy atom. The van der Waals surface area contributed by atoms with Gasteiger partial charge in [0.2, 0.25) is 0 Å². The zero-order valence-corrected chi connectivity index (χ0v) is 11.2. The molecule has 4 heteroatoms. The normalized spacial score (nSPS) is 11.1. The van der Waals surface area contributed by atoms with Crippen LogP contribution in [0, 0.1) is 4.64 Å². The molecule has 0 aromatic carbocycles. The second-order valence-electron chi connectivity index (χ2n) is 4.36. The van der Waals surface area contributed by atoms with Crippen molar-refractivity contribution in [1.29, 1.82) is 0 Å². The average Bonchev–Trinajstić information content (AvgIpc) is 2.32. The monoisotopic (exact) mass is 247 g/mol. The molecule has 0 aliphatic carbocycles. The summed E-state index contributed by atoms with van der Waals surface area (Å²) in [6.45, 7) is 6.30. The van der Waals surface area contributed by atoms with Crippen LogP contribution in [0.1, 0.15) is 26.3 Å². The fraction of sp³-hybridized carbons (Fsp3) is 0.385. The molecular formula is C13H17N3S. The van der Waals surface area contributed by atoms with E-state index in [0.29, 0.717) is 6.04 Å². The zero-order valence-electron chi connectivity index (χ0n) is 10.4. The molecule has 2 heterocycles. The van der Waals surface area contributed by atoms with Gasteiger partial charge in [0, 0.05) is 17.6 Å². The molecule has 0 fully saturated rings. The molecule has 3 nitrogen and oxygen atoms in total. The molecule has 1 N–H and O–H groups in total. The topological polar surface area (TPSA) is 29.9 Å². The fourth-order valence-corrected chi connectivity index (χ4v) is 2.17. The van der Waals surface area contributed by atoms with Crippen LogP contribution in [0.3, 0.4) is 0 Å². The third-order valence-corrected chi connectivity index (χ3v) is 3.05. The molecule has 90 valence electrons. The number of aromatic nitrogens is 2. The van der Waals surface area contributed by atoms with Crippen molar-refractivity contribution >= 4 is 23.3 Å². The molecule has 0 bridgehead atoms. The average molecular weight is 247 g/mol. The molecule has 0 aliphatic heterocycles. The van der Waals surface area contributed by atoms with E-state index >= 15 is 0 Å². The summed E-state index contributed by atoms with van der Waals surface area (Å²) in [4.78, 5) is 4.40. The highest BCUT2D eigenvalue weighted by Gasteiger charge is 2.06. The molecule has 0 atom stereocenters. The van der Waals surface area contributed by atoms with Crippen molar-refractivity contribution in [2.45, 2.75) is 33.2 Å². The van der Waals surface area contributed by atoms with E-state index in [4.69, 9.17) is 12.2 Å². The first-order valence-corrected chi connectivity index (χ1v) is 6.30. The van der Waals surface area contributed by atoms with Gasteiger partial charge in [0.05, 0.1) is 0 Å². The van der Waals surface area contributed by atoms with Crippen molar-refractivity contribution in [3.05, 3.63) is 34.6 Å². The van der Waals surface area contributed by atoms with Gasteiger partial charge in [0.15, 0.2) is 5.65 Å². The number of hydrogen-bond acceptors (Lipinski definition) is 3. The minimum absolute atomic E-state index is 0.319. The van der Waals surface area contributed by atoms with Gasteiger partial charge in [-0.3, -0.25) is 0 Å². The van der Waals surface area contributed by atoms with E-state index in [0.717, 1.165) is 22.1 Å². The van der Waals surface area contributed by atoms with Gasteiger partial charge in [-0.05, 0) is 44.0 Å². The van der Waals surface area contributed by atoms with Gasteiger partial charge in [-0.2, -0.15) is 0 Å². The molecule has 2 aromatic heterocycles. The molecule has 0 amide bonds. The van der Waals surface area contributed by atoms with Crippen molar-refractivity contribution in [2.24, 2.45) is 0 Å². The maximum atomic E-state index is 5.50. The third kappa shape index (κ3) is 2.31. The van der Waals surface area contributed by atoms with E-state index in [1.165, 1.54) is 5.56 Å². The summed E-state index contributed by atoms with van der Waals surface area (Å²) in [7, 11) is 0. The van der Waals surface area contributed by atoms with Gasteiger partial charge < -0.3 is 5.43 Å². The van der Waals surface area contributed by atoms with E-state index in [1.54, 1.807) is 6.20 Å². The Labute approximate surface area is 106 Å². The Morgan fingerprint density at radius 2 is 2.24 bits per heavy atom. The molecule has 0 saturated carbocycles. The second kappa shape index (κ2) is 4.84. The largest absolute Gasteiger partial charge is 0.321 e. The van der Waals surface area contributed by atoms with Crippen LogP contribution in [0.5, 0.6) is 0 Å². The highest BCUT2D eigenvalue weighted by Crippen LogP contribution is 2.15. The Morgan fingerprint density at radius 3 is 2.88 bits per heavy atom. The van der Waals surface area contributed by atoms with Crippen LogP contribution in [0.15, 0.2) is 24.4 Å². The molecule has 0 aliphatic rings. The predicted molar refractivity (Wildman–Crippen MR) is 74.4 cm³/mol. The summed E-state index contributed by atoms with van der Waals surface area (Å²) >= 11 is 5.50.